The fraction of sp³-hybridized carbons (Fsp3) is 0.407. The summed E-state index contributed by atoms with van der Waals surface area (Å²) < 4.78 is 10.7. The Bertz CT molecular complexity index is 1110. The van der Waals surface area contributed by atoms with Crippen LogP contribution in [-0.2, 0) is 22.6 Å². The fourth-order valence-corrected chi connectivity index (χ4v) is 5.09. The monoisotopic (exact) mass is 461 g/mol. The summed E-state index contributed by atoms with van der Waals surface area (Å²) in [5.41, 5.74) is 3.95. The molecule has 178 valence electrons. The number of hydrogen-bond acceptors (Lipinski definition) is 6. The molecule has 1 fully saturated rings. The highest BCUT2D eigenvalue weighted by Gasteiger charge is 2.40. The highest BCUT2D eigenvalue weighted by atomic mass is 16.5. The van der Waals surface area contributed by atoms with Crippen LogP contribution in [0.1, 0.15) is 29.5 Å². The highest BCUT2D eigenvalue weighted by molar-refractivity contribution is 6.07. The Morgan fingerprint density at radius 2 is 1.76 bits per heavy atom. The van der Waals surface area contributed by atoms with Crippen LogP contribution in [0.5, 0.6) is 11.5 Å². The minimum atomic E-state index is -0.140. The first-order valence-corrected chi connectivity index (χ1v) is 11.9. The number of rotatable bonds is 6. The second-order valence-corrected chi connectivity index (χ2v) is 9.13. The van der Waals surface area contributed by atoms with E-state index < -0.39 is 0 Å². The molecule has 2 aromatic rings. The molecule has 2 atom stereocenters. The van der Waals surface area contributed by atoms with E-state index in [9.17, 15) is 9.90 Å². The maximum absolute atomic E-state index is 13.4. The van der Waals surface area contributed by atoms with E-state index in [0.29, 0.717) is 18.7 Å². The quantitative estimate of drug-likeness (QED) is 0.666. The molecule has 1 amide bonds. The van der Waals surface area contributed by atoms with Crippen molar-refractivity contribution in [3.05, 3.63) is 71.3 Å². The second-order valence-electron chi connectivity index (χ2n) is 9.13. The third-order valence-corrected chi connectivity index (χ3v) is 6.89. The Morgan fingerprint density at radius 3 is 2.50 bits per heavy atom. The van der Waals surface area contributed by atoms with Crippen LogP contribution >= 0.6 is 0 Å². The summed E-state index contributed by atoms with van der Waals surface area (Å²) in [5.74, 6) is 0.428. The molecule has 0 bridgehead atoms. The van der Waals surface area contributed by atoms with Crippen LogP contribution in [0.15, 0.2) is 59.7 Å². The molecule has 7 nitrogen and oxygen atoms in total. The van der Waals surface area contributed by atoms with Crippen LogP contribution in [0.2, 0.25) is 0 Å². The van der Waals surface area contributed by atoms with Gasteiger partial charge >= 0.3 is 0 Å². The van der Waals surface area contributed by atoms with Crippen molar-refractivity contribution in [1.82, 2.24) is 9.91 Å². The number of fused-ring (bicyclic) bond motifs is 1. The summed E-state index contributed by atoms with van der Waals surface area (Å²) in [4.78, 5) is 15.8. The lowest BCUT2D eigenvalue weighted by atomic mass is 9.76. The third-order valence-electron chi connectivity index (χ3n) is 6.89. The van der Waals surface area contributed by atoms with E-state index in [1.807, 2.05) is 6.07 Å². The fourth-order valence-electron chi connectivity index (χ4n) is 5.09. The molecule has 0 saturated carbocycles. The molecule has 2 heterocycles. The summed E-state index contributed by atoms with van der Waals surface area (Å²) in [5, 5.41) is 16.8. The number of hydrogen-bond donors (Lipinski definition) is 1. The number of hydrazone groups is 1. The lowest BCUT2D eigenvalue weighted by Crippen LogP contribution is -2.45. The first-order chi connectivity index (χ1) is 16.6. The van der Waals surface area contributed by atoms with Crippen molar-refractivity contribution in [2.45, 2.75) is 25.9 Å². The average Bonchev–Trinajstić information content (AvgIpc) is 2.86. The zero-order chi connectivity index (χ0) is 23.5. The van der Waals surface area contributed by atoms with Gasteiger partial charge in [0.15, 0.2) is 11.5 Å². The molecule has 0 aromatic heterocycles. The SMILES string of the molecule is COc1ccc(C2=NN(Cc3cccc(CN4CCOCC4)c3)C(=O)C3CC=CCC23)cc1O. The van der Waals surface area contributed by atoms with Gasteiger partial charge in [-0.25, -0.2) is 5.01 Å². The zero-order valence-electron chi connectivity index (χ0n) is 19.5. The Morgan fingerprint density at radius 1 is 1.03 bits per heavy atom. The largest absolute Gasteiger partial charge is 0.504 e. The molecule has 3 aliphatic rings. The number of allylic oxidation sites excluding steroid dienone is 2. The molecule has 34 heavy (non-hydrogen) atoms. The highest BCUT2D eigenvalue weighted by Crippen LogP contribution is 2.37. The van der Waals surface area contributed by atoms with Crippen LogP contribution in [0.3, 0.4) is 0 Å². The number of phenols is 1. The number of ether oxygens (including phenoxy) is 2. The molecule has 7 heteroatoms. The second kappa shape index (κ2) is 9.99. The molecule has 2 aromatic carbocycles. The van der Waals surface area contributed by atoms with Gasteiger partial charge in [0.25, 0.3) is 0 Å². The first-order valence-electron chi connectivity index (χ1n) is 11.9. The predicted molar refractivity (Wildman–Crippen MR) is 130 cm³/mol. The van der Waals surface area contributed by atoms with E-state index in [2.05, 4.69) is 41.3 Å². The Hall–Kier alpha value is -3.16. The van der Waals surface area contributed by atoms with E-state index in [4.69, 9.17) is 14.6 Å². The smallest absolute Gasteiger partial charge is 0.247 e. The van der Waals surface area contributed by atoms with Crippen LogP contribution in [0.25, 0.3) is 0 Å². The molecule has 0 spiro atoms. The molecule has 5 rings (SSSR count). The van der Waals surface area contributed by atoms with Crippen LogP contribution in [0.4, 0.5) is 0 Å². The van der Waals surface area contributed by atoms with Gasteiger partial charge in [0.05, 0.1) is 38.5 Å². The van der Waals surface area contributed by atoms with Gasteiger partial charge < -0.3 is 14.6 Å². The van der Waals surface area contributed by atoms with Gasteiger partial charge in [-0.2, -0.15) is 5.10 Å². The van der Waals surface area contributed by atoms with Crippen molar-refractivity contribution in [3.8, 4) is 11.5 Å². The van der Waals surface area contributed by atoms with Crippen LogP contribution in [0, 0.1) is 11.8 Å². The predicted octanol–water partition coefficient (Wildman–Crippen LogP) is 3.56. The Labute approximate surface area is 200 Å². The minimum Gasteiger partial charge on any atom is -0.504 e. The van der Waals surface area contributed by atoms with E-state index in [-0.39, 0.29) is 23.5 Å². The van der Waals surface area contributed by atoms with Gasteiger partial charge in [0.1, 0.15) is 0 Å². The number of carbonyl (C=O) groups is 1. The van der Waals surface area contributed by atoms with Crippen molar-refractivity contribution in [3.63, 3.8) is 0 Å². The van der Waals surface area contributed by atoms with Gasteiger partial charge in [-0.05, 0) is 42.2 Å². The van der Waals surface area contributed by atoms with Gasteiger partial charge in [-0.15, -0.1) is 0 Å². The Balaban J connectivity index is 1.41. The number of nitrogens with zero attached hydrogens (tertiary/aromatic N) is 3. The summed E-state index contributed by atoms with van der Waals surface area (Å²) in [6.07, 6.45) is 5.69. The molecule has 0 radical (unpaired) electrons. The van der Waals surface area contributed by atoms with Gasteiger partial charge in [0.2, 0.25) is 5.91 Å². The van der Waals surface area contributed by atoms with E-state index in [1.165, 1.54) is 12.7 Å². The van der Waals surface area contributed by atoms with Crippen molar-refractivity contribution in [1.29, 1.82) is 0 Å². The first kappa shape index (κ1) is 22.6. The topological polar surface area (TPSA) is 74.6 Å². The van der Waals surface area contributed by atoms with Crippen molar-refractivity contribution < 1.29 is 19.4 Å². The third kappa shape index (κ3) is 4.72. The molecule has 1 aliphatic carbocycles. The van der Waals surface area contributed by atoms with Crippen LogP contribution < -0.4 is 4.74 Å². The number of phenolic OH excluding ortho intramolecular Hbond substituents is 1. The molecular formula is C27H31N3O4. The number of methoxy groups -OCH3 is 1. The summed E-state index contributed by atoms with van der Waals surface area (Å²) in [7, 11) is 1.53. The number of amides is 1. The summed E-state index contributed by atoms with van der Waals surface area (Å²) >= 11 is 0. The lowest BCUT2D eigenvalue weighted by Gasteiger charge is -2.37. The van der Waals surface area contributed by atoms with Crippen molar-refractivity contribution in [2.75, 3.05) is 33.4 Å². The molecule has 1 saturated heterocycles. The van der Waals surface area contributed by atoms with E-state index >= 15 is 0 Å². The van der Waals surface area contributed by atoms with Crippen molar-refractivity contribution >= 4 is 11.6 Å². The average molecular weight is 462 g/mol. The number of carbonyl (C=O) groups excluding carboxylic acids is 1. The van der Waals surface area contributed by atoms with Crippen LogP contribution in [-0.4, -0.2) is 60.0 Å². The summed E-state index contributed by atoms with van der Waals surface area (Å²) in [6.45, 7) is 4.73. The molecule has 2 unspecified atom stereocenters. The van der Waals surface area contributed by atoms with E-state index in [0.717, 1.165) is 56.1 Å². The maximum Gasteiger partial charge on any atom is 0.247 e. The summed E-state index contributed by atoms with van der Waals surface area (Å²) in [6, 6.07) is 13.7. The minimum absolute atomic E-state index is 0.00852. The van der Waals surface area contributed by atoms with Gasteiger partial charge in [0, 0.05) is 31.1 Å². The number of aromatic hydroxyl groups is 1. The normalized spacial score (nSPS) is 22.9. The number of morpholine rings is 1. The van der Waals surface area contributed by atoms with E-state index in [1.54, 1.807) is 17.1 Å². The maximum atomic E-state index is 13.4. The standard InChI is InChI=1S/C27H31N3O4/c1-33-25-10-9-21(16-24(25)31)26-22-7-2-3-8-23(22)27(32)30(28-26)18-20-6-4-5-19(15-20)17-29-11-13-34-14-12-29/h2-6,9-10,15-16,22-23,31H,7-8,11-14,17-18H2,1H3. The molecular weight excluding hydrogens is 430 g/mol. The Kier molecular flexibility index (Phi) is 6.65. The van der Waals surface area contributed by atoms with Crippen molar-refractivity contribution in [2.24, 2.45) is 16.9 Å². The molecule has 2 aliphatic heterocycles. The zero-order valence-corrected chi connectivity index (χ0v) is 19.5. The van der Waals surface area contributed by atoms with Gasteiger partial charge in [-0.3, -0.25) is 9.69 Å². The van der Waals surface area contributed by atoms with Gasteiger partial charge in [-0.1, -0.05) is 36.4 Å². The lowest BCUT2D eigenvalue weighted by molar-refractivity contribution is -0.138. The molecule has 1 N–H and O–H groups in total. The number of benzene rings is 2.